The molecular weight excluding hydrogens is 332 g/mol. The van der Waals surface area contributed by atoms with Crippen LogP contribution in [0.15, 0.2) is 39.6 Å². The molecule has 0 saturated heterocycles. The zero-order valence-corrected chi connectivity index (χ0v) is 13.4. The molecule has 5 heteroatoms. The lowest BCUT2D eigenvalue weighted by atomic mass is 10.0. The molecule has 1 fully saturated rings. The van der Waals surface area contributed by atoms with E-state index < -0.39 is 5.60 Å². The van der Waals surface area contributed by atoms with Gasteiger partial charge in [0, 0.05) is 12.7 Å². The molecule has 0 atom stereocenters. The van der Waals surface area contributed by atoms with Crippen LogP contribution in [0.4, 0.5) is 0 Å². The van der Waals surface area contributed by atoms with Crippen molar-refractivity contribution in [2.75, 3.05) is 7.11 Å². The van der Waals surface area contributed by atoms with Gasteiger partial charge in [-0.2, -0.15) is 0 Å². The standard InChI is InChI=1S/C16H17BrN2O2/c1-21-16(9-5-6-10-16)15-18-13(12(17)14(20)19-15)11-7-3-2-4-8-11/h2-4,7-8H,5-6,9-10H2,1H3,(H,18,19,20). The zero-order chi connectivity index (χ0) is 14.9. The van der Waals surface area contributed by atoms with Gasteiger partial charge >= 0.3 is 0 Å². The Balaban J connectivity index is 2.17. The highest BCUT2D eigenvalue weighted by molar-refractivity contribution is 9.10. The van der Waals surface area contributed by atoms with Gasteiger partial charge in [0.15, 0.2) is 0 Å². The molecule has 2 aromatic rings. The van der Waals surface area contributed by atoms with Crippen LogP contribution in [0.5, 0.6) is 0 Å². The number of nitrogens with zero attached hydrogens (tertiary/aromatic N) is 1. The second kappa shape index (κ2) is 5.73. The molecule has 0 amide bonds. The first-order valence-electron chi connectivity index (χ1n) is 7.07. The van der Waals surface area contributed by atoms with E-state index in [0.717, 1.165) is 31.2 Å². The Morgan fingerprint density at radius 3 is 2.52 bits per heavy atom. The molecule has 1 saturated carbocycles. The summed E-state index contributed by atoms with van der Waals surface area (Å²) in [6.45, 7) is 0. The monoisotopic (exact) mass is 348 g/mol. The van der Waals surface area contributed by atoms with Gasteiger partial charge in [-0.15, -0.1) is 0 Å². The first kappa shape index (κ1) is 14.5. The van der Waals surface area contributed by atoms with E-state index in [-0.39, 0.29) is 5.56 Å². The second-order valence-electron chi connectivity index (χ2n) is 5.35. The molecule has 4 nitrogen and oxygen atoms in total. The summed E-state index contributed by atoms with van der Waals surface area (Å²) in [5, 5.41) is 0. The van der Waals surface area contributed by atoms with E-state index in [9.17, 15) is 4.79 Å². The quantitative estimate of drug-likeness (QED) is 0.921. The number of ether oxygens (including phenoxy) is 1. The maximum Gasteiger partial charge on any atom is 0.265 e. The number of halogens is 1. The van der Waals surface area contributed by atoms with Crippen LogP contribution in [0.2, 0.25) is 0 Å². The number of nitrogens with one attached hydrogen (secondary N) is 1. The van der Waals surface area contributed by atoms with Crippen molar-refractivity contribution in [2.45, 2.75) is 31.3 Å². The summed E-state index contributed by atoms with van der Waals surface area (Å²) < 4.78 is 6.18. The van der Waals surface area contributed by atoms with Crippen LogP contribution in [-0.4, -0.2) is 17.1 Å². The van der Waals surface area contributed by atoms with Crippen LogP contribution < -0.4 is 5.56 Å². The molecule has 3 rings (SSSR count). The summed E-state index contributed by atoms with van der Waals surface area (Å²) >= 11 is 3.35. The molecule has 1 heterocycles. The SMILES string of the molecule is COC1(c2nc(-c3ccccc3)c(Br)c(=O)[nH]2)CCCC1. The lowest BCUT2D eigenvalue weighted by Crippen LogP contribution is -2.30. The van der Waals surface area contributed by atoms with Crippen LogP contribution in [0, 0.1) is 0 Å². The Kier molecular flexibility index (Phi) is 3.95. The Bertz CT molecular complexity index is 691. The highest BCUT2D eigenvalue weighted by Gasteiger charge is 2.38. The first-order chi connectivity index (χ1) is 10.2. The highest BCUT2D eigenvalue weighted by Crippen LogP contribution is 2.40. The fraction of sp³-hybridized carbons (Fsp3) is 0.375. The van der Waals surface area contributed by atoms with Crippen molar-refractivity contribution in [3.8, 4) is 11.3 Å². The van der Waals surface area contributed by atoms with Crippen LogP contribution in [-0.2, 0) is 10.3 Å². The summed E-state index contributed by atoms with van der Waals surface area (Å²) in [7, 11) is 1.69. The molecule has 1 aliphatic carbocycles. The molecule has 0 unspecified atom stereocenters. The van der Waals surface area contributed by atoms with E-state index in [2.05, 4.69) is 20.9 Å². The third-order valence-electron chi connectivity index (χ3n) is 4.14. The summed E-state index contributed by atoms with van der Waals surface area (Å²) in [6.07, 6.45) is 3.97. The Labute approximate surface area is 131 Å². The fourth-order valence-corrected chi connectivity index (χ4v) is 3.36. The highest BCUT2D eigenvalue weighted by atomic mass is 79.9. The van der Waals surface area contributed by atoms with Gasteiger partial charge in [0.05, 0.1) is 5.69 Å². The van der Waals surface area contributed by atoms with Crippen molar-refractivity contribution in [1.82, 2.24) is 9.97 Å². The predicted molar refractivity (Wildman–Crippen MR) is 85.1 cm³/mol. The predicted octanol–water partition coefficient (Wildman–Crippen LogP) is 3.62. The molecule has 110 valence electrons. The lowest BCUT2D eigenvalue weighted by molar-refractivity contribution is -0.0164. The molecule has 1 aromatic carbocycles. The third-order valence-corrected chi connectivity index (χ3v) is 4.88. The molecule has 0 aliphatic heterocycles. The molecule has 1 N–H and O–H groups in total. The number of hydrogen-bond donors (Lipinski definition) is 1. The summed E-state index contributed by atoms with van der Waals surface area (Å²) in [6, 6.07) is 9.71. The Hall–Kier alpha value is -1.46. The average Bonchev–Trinajstić information content (AvgIpc) is 3.01. The lowest BCUT2D eigenvalue weighted by Gasteiger charge is -2.26. The number of aromatic nitrogens is 2. The number of aromatic amines is 1. The topological polar surface area (TPSA) is 55.0 Å². The third kappa shape index (κ3) is 2.56. The van der Waals surface area contributed by atoms with Gasteiger partial charge < -0.3 is 9.72 Å². The van der Waals surface area contributed by atoms with Gasteiger partial charge in [0.2, 0.25) is 0 Å². The van der Waals surface area contributed by atoms with Crippen molar-refractivity contribution in [3.63, 3.8) is 0 Å². The van der Waals surface area contributed by atoms with E-state index in [1.165, 1.54) is 0 Å². The van der Waals surface area contributed by atoms with Gasteiger partial charge in [-0.05, 0) is 41.6 Å². The van der Waals surface area contributed by atoms with E-state index in [0.29, 0.717) is 16.0 Å². The molecule has 1 aromatic heterocycles. The maximum atomic E-state index is 12.3. The van der Waals surface area contributed by atoms with Crippen LogP contribution in [0.3, 0.4) is 0 Å². The number of rotatable bonds is 3. The van der Waals surface area contributed by atoms with E-state index in [1.54, 1.807) is 7.11 Å². The fourth-order valence-electron chi connectivity index (χ4n) is 2.95. The van der Waals surface area contributed by atoms with Crippen molar-refractivity contribution >= 4 is 15.9 Å². The molecule has 0 radical (unpaired) electrons. The molecule has 1 aliphatic rings. The van der Waals surface area contributed by atoms with Crippen molar-refractivity contribution in [1.29, 1.82) is 0 Å². The van der Waals surface area contributed by atoms with Crippen LogP contribution in [0.25, 0.3) is 11.3 Å². The van der Waals surface area contributed by atoms with Crippen molar-refractivity contribution < 1.29 is 4.74 Å². The molecule has 0 spiro atoms. The summed E-state index contributed by atoms with van der Waals surface area (Å²) in [4.78, 5) is 19.8. The van der Waals surface area contributed by atoms with Crippen molar-refractivity contribution in [3.05, 3.63) is 51.0 Å². The zero-order valence-electron chi connectivity index (χ0n) is 11.9. The maximum absolute atomic E-state index is 12.3. The van der Waals surface area contributed by atoms with Gasteiger partial charge in [-0.25, -0.2) is 4.98 Å². The minimum absolute atomic E-state index is 0.165. The average molecular weight is 349 g/mol. The number of methoxy groups -OCH3 is 1. The summed E-state index contributed by atoms with van der Waals surface area (Å²) in [5.74, 6) is 0.634. The minimum atomic E-state index is -0.455. The van der Waals surface area contributed by atoms with E-state index >= 15 is 0 Å². The first-order valence-corrected chi connectivity index (χ1v) is 7.86. The Morgan fingerprint density at radius 2 is 1.90 bits per heavy atom. The Morgan fingerprint density at radius 1 is 1.24 bits per heavy atom. The van der Waals surface area contributed by atoms with Crippen LogP contribution in [0.1, 0.15) is 31.5 Å². The summed E-state index contributed by atoms with van der Waals surface area (Å²) in [5.41, 5.74) is 0.962. The minimum Gasteiger partial charge on any atom is -0.370 e. The number of H-pyrrole nitrogens is 1. The van der Waals surface area contributed by atoms with Gasteiger partial charge in [0.1, 0.15) is 15.9 Å². The van der Waals surface area contributed by atoms with Crippen molar-refractivity contribution in [2.24, 2.45) is 0 Å². The molecule has 21 heavy (non-hydrogen) atoms. The normalized spacial score (nSPS) is 17.0. The molecule has 0 bridgehead atoms. The van der Waals surface area contributed by atoms with Gasteiger partial charge in [-0.1, -0.05) is 30.3 Å². The second-order valence-corrected chi connectivity index (χ2v) is 6.14. The van der Waals surface area contributed by atoms with E-state index in [1.807, 2.05) is 30.3 Å². The smallest absolute Gasteiger partial charge is 0.265 e. The van der Waals surface area contributed by atoms with Gasteiger partial charge in [0.25, 0.3) is 5.56 Å². The number of benzene rings is 1. The van der Waals surface area contributed by atoms with Gasteiger partial charge in [-0.3, -0.25) is 4.79 Å². The molecular formula is C16H17BrN2O2. The van der Waals surface area contributed by atoms with Crippen LogP contribution >= 0.6 is 15.9 Å². The van der Waals surface area contributed by atoms with E-state index in [4.69, 9.17) is 9.72 Å². The number of hydrogen-bond acceptors (Lipinski definition) is 3. The largest absolute Gasteiger partial charge is 0.370 e.